The number of rotatable bonds is 6. The summed E-state index contributed by atoms with van der Waals surface area (Å²) in [6.45, 7) is 0.388. The molecular weight excluding hydrogens is 358 g/mol. The predicted molar refractivity (Wildman–Crippen MR) is 104 cm³/mol. The van der Waals surface area contributed by atoms with E-state index in [-0.39, 0.29) is 16.9 Å². The normalized spacial score (nSPS) is 10.2. The minimum atomic E-state index is -0.637. The van der Waals surface area contributed by atoms with Crippen LogP contribution in [0.25, 0.3) is 5.69 Å². The van der Waals surface area contributed by atoms with Crippen LogP contribution in [0.3, 0.4) is 0 Å². The molecule has 0 aliphatic heterocycles. The maximum Gasteiger partial charge on any atom is 0.357 e. The van der Waals surface area contributed by atoms with Crippen molar-refractivity contribution in [2.45, 2.75) is 6.61 Å². The van der Waals surface area contributed by atoms with Gasteiger partial charge in [0.15, 0.2) is 17.2 Å². The Morgan fingerprint density at radius 2 is 1.89 bits per heavy atom. The lowest BCUT2D eigenvalue weighted by Crippen LogP contribution is -2.11. The average molecular weight is 377 g/mol. The lowest BCUT2D eigenvalue weighted by atomic mass is 10.2. The monoisotopic (exact) mass is 377 g/mol. The van der Waals surface area contributed by atoms with Crippen LogP contribution >= 0.6 is 0 Å². The SMILES string of the molecule is COC(=O)c1c(N)c(C#N)cn1-c1ccc(OCc2ccccc2)c(OC)c1. The lowest BCUT2D eigenvalue weighted by Gasteiger charge is -2.14. The average Bonchev–Trinajstić information content (AvgIpc) is 3.08. The Hall–Kier alpha value is -3.92. The molecule has 1 heterocycles. The van der Waals surface area contributed by atoms with Gasteiger partial charge in [-0.3, -0.25) is 0 Å². The summed E-state index contributed by atoms with van der Waals surface area (Å²) in [6.07, 6.45) is 1.49. The molecule has 28 heavy (non-hydrogen) atoms. The second-order valence-electron chi connectivity index (χ2n) is 5.89. The molecule has 0 bridgehead atoms. The summed E-state index contributed by atoms with van der Waals surface area (Å²) in [5, 5.41) is 9.24. The Kier molecular flexibility index (Phi) is 5.51. The summed E-state index contributed by atoms with van der Waals surface area (Å²) < 4.78 is 17.6. The number of methoxy groups -OCH3 is 2. The highest BCUT2D eigenvalue weighted by Gasteiger charge is 2.22. The highest BCUT2D eigenvalue weighted by atomic mass is 16.5. The number of hydrogen-bond acceptors (Lipinski definition) is 6. The van der Waals surface area contributed by atoms with Gasteiger partial charge in [-0.1, -0.05) is 30.3 Å². The van der Waals surface area contributed by atoms with Gasteiger partial charge < -0.3 is 24.5 Å². The Balaban J connectivity index is 1.96. The summed E-state index contributed by atoms with van der Waals surface area (Å²) in [7, 11) is 2.78. The number of nitrogen functional groups attached to an aromatic ring is 1. The molecule has 0 atom stereocenters. The van der Waals surface area contributed by atoms with Crippen molar-refractivity contribution in [3.63, 3.8) is 0 Å². The van der Waals surface area contributed by atoms with E-state index in [0.29, 0.717) is 23.8 Å². The summed E-state index contributed by atoms with van der Waals surface area (Å²) in [6, 6.07) is 16.9. The number of esters is 1. The van der Waals surface area contributed by atoms with Crippen molar-refractivity contribution in [3.8, 4) is 23.3 Å². The molecule has 0 radical (unpaired) electrons. The molecule has 0 spiro atoms. The van der Waals surface area contributed by atoms with E-state index in [0.717, 1.165) is 5.56 Å². The molecule has 0 saturated carbocycles. The fourth-order valence-electron chi connectivity index (χ4n) is 2.78. The number of ether oxygens (including phenoxy) is 3. The molecule has 7 nitrogen and oxygen atoms in total. The van der Waals surface area contributed by atoms with Crippen molar-refractivity contribution in [2.75, 3.05) is 20.0 Å². The Morgan fingerprint density at radius 1 is 1.14 bits per heavy atom. The molecule has 0 amide bonds. The zero-order valence-electron chi connectivity index (χ0n) is 15.5. The Bertz CT molecular complexity index is 1040. The molecule has 142 valence electrons. The number of aromatic nitrogens is 1. The van der Waals surface area contributed by atoms with E-state index in [1.807, 2.05) is 36.4 Å². The number of nitrogens with zero attached hydrogens (tertiary/aromatic N) is 2. The fourth-order valence-corrected chi connectivity index (χ4v) is 2.78. The van der Waals surface area contributed by atoms with Crippen LogP contribution in [0.2, 0.25) is 0 Å². The molecule has 1 aromatic heterocycles. The van der Waals surface area contributed by atoms with Gasteiger partial charge in [-0.2, -0.15) is 5.26 Å². The number of anilines is 1. The van der Waals surface area contributed by atoms with Crippen LogP contribution in [-0.4, -0.2) is 24.8 Å². The van der Waals surface area contributed by atoms with Gasteiger partial charge in [0.25, 0.3) is 0 Å². The van der Waals surface area contributed by atoms with E-state index >= 15 is 0 Å². The summed E-state index contributed by atoms with van der Waals surface area (Å²) in [5.74, 6) is 0.396. The third-order valence-corrected chi connectivity index (χ3v) is 4.21. The first-order valence-corrected chi connectivity index (χ1v) is 8.43. The summed E-state index contributed by atoms with van der Waals surface area (Å²) >= 11 is 0. The van der Waals surface area contributed by atoms with Gasteiger partial charge in [-0.25, -0.2) is 4.79 Å². The second-order valence-corrected chi connectivity index (χ2v) is 5.89. The van der Waals surface area contributed by atoms with E-state index in [1.165, 1.54) is 25.0 Å². The first-order valence-electron chi connectivity index (χ1n) is 8.43. The maximum atomic E-state index is 12.2. The molecule has 3 aromatic rings. The molecule has 2 aromatic carbocycles. The first kappa shape index (κ1) is 18.9. The molecule has 3 rings (SSSR count). The van der Waals surface area contributed by atoms with Crippen LogP contribution in [0.5, 0.6) is 11.5 Å². The van der Waals surface area contributed by atoms with Gasteiger partial charge in [0.05, 0.1) is 25.5 Å². The zero-order valence-corrected chi connectivity index (χ0v) is 15.5. The van der Waals surface area contributed by atoms with Gasteiger partial charge in [-0.15, -0.1) is 0 Å². The number of nitriles is 1. The zero-order chi connectivity index (χ0) is 20.1. The number of nitrogens with two attached hydrogens (primary N) is 1. The molecule has 0 saturated heterocycles. The maximum absolute atomic E-state index is 12.2. The molecule has 0 unspecified atom stereocenters. The number of hydrogen-bond donors (Lipinski definition) is 1. The first-order chi connectivity index (χ1) is 13.6. The van der Waals surface area contributed by atoms with Crippen LogP contribution in [0.1, 0.15) is 21.6 Å². The largest absolute Gasteiger partial charge is 0.493 e. The third-order valence-electron chi connectivity index (χ3n) is 4.21. The van der Waals surface area contributed by atoms with E-state index in [4.69, 9.17) is 19.9 Å². The highest BCUT2D eigenvalue weighted by Crippen LogP contribution is 2.32. The Morgan fingerprint density at radius 3 is 2.54 bits per heavy atom. The highest BCUT2D eigenvalue weighted by molar-refractivity contribution is 5.96. The summed E-state index contributed by atoms with van der Waals surface area (Å²) in [4.78, 5) is 12.2. The summed E-state index contributed by atoms with van der Waals surface area (Å²) in [5.41, 5.74) is 7.88. The molecule has 0 aliphatic carbocycles. The fraction of sp³-hybridized carbons (Fsp3) is 0.143. The quantitative estimate of drug-likeness (QED) is 0.662. The molecular formula is C21H19N3O4. The van der Waals surface area contributed by atoms with Crippen LogP contribution in [-0.2, 0) is 11.3 Å². The molecule has 2 N–H and O–H groups in total. The number of benzene rings is 2. The van der Waals surface area contributed by atoms with Gasteiger partial charge in [-0.05, 0) is 17.7 Å². The minimum Gasteiger partial charge on any atom is -0.493 e. The van der Waals surface area contributed by atoms with Gasteiger partial charge >= 0.3 is 5.97 Å². The van der Waals surface area contributed by atoms with Crippen LogP contribution in [0, 0.1) is 11.3 Å². The van der Waals surface area contributed by atoms with Crippen molar-refractivity contribution in [1.82, 2.24) is 4.57 Å². The second kappa shape index (κ2) is 8.18. The van der Waals surface area contributed by atoms with Gasteiger partial charge in [0, 0.05) is 18.0 Å². The van der Waals surface area contributed by atoms with Crippen LogP contribution < -0.4 is 15.2 Å². The van der Waals surface area contributed by atoms with Crippen molar-refractivity contribution in [2.24, 2.45) is 0 Å². The topological polar surface area (TPSA) is 99.5 Å². The van der Waals surface area contributed by atoms with Crippen LogP contribution in [0.15, 0.2) is 54.7 Å². The van der Waals surface area contributed by atoms with Crippen molar-refractivity contribution >= 4 is 11.7 Å². The smallest absolute Gasteiger partial charge is 0.357 e. The van der Waals surface area contributed by atoms with E-state index in [2.05, 4.69) is 0 Å². The molecule has 0 aliphatic rings. The number of carbonyl (C=O) groups is 1. The van der Waals surface area contributed by atoms with Gasteiger partial charge in [0.2, 0.25) is 0 Å². The van der Waals surface area contributed by atoms with Gasteiger partial charge in [0.1, 0.15) is 12.7 Å². The third kappa shape index (κ3) is 3.62. The molecule has 0 fully saturated rings. The van der Waals surface area contributed by atoms with Crippen molar-refractivity contribution < 1.29 is 19.0 Å². The van der Waals surface area contributed by atoms with Crippen LogP contribution in [0.4, 0.5) is 5.69 Å². The van der Waals surface area contributed by atoms with E-state index < -0.39 is 5.97 Å². The number of carbonyl (C=O) groups excluding carboxylic acids is 1. The van der Waals surface area contributed by atoms with E-state index in [1.54, 1.807) is 18.2 Å². The Labute approximate surface area is 162 Å². The molecule has 7 heteroatoms. The standard InChI is InChI=1S/C21H19N3O4/c1-26-18-10-16(8-9-17(18)28-13-14-6-4-3-5-7-14)24-12-15(11-22)19(23)20(24)21(25)27-2/h3-10,12H,13,23H2,1-2H3. The van der Waals surface area contributed by atoms with E-state index in [9.17, 15) is 10.1 Å². The minimum absolute atomic E-state index is 0.0673. The van der Waals surface area contributed by atoms with Crippen molar-refractivity contribution in [3.05, 3.63) is 71.5 Å². The predicted octanol–water partition coefficient (Wildman–Crippen LogP) is 3.31. The lowest BCUT2D eigenvalue weighted by molar-refractivity contribution is 0.0593. The van der Waals surface area contributed by atoms with Crippen molar-refractivity contribution in [1.29, 1.82) is 5.26 Å².